The van der Waals surface area contributed by atoms with E-state index in [9.17, 15) is 4.79 Å². The van der Waals surface area contributed by atoms with Crippen molar-refractivity contribution in [2.75, 3.05) is 0 Å². The molecule has 0 heterocycles. The number of allylic oxidation sites excluding steroid dienone is 1. The topological polar surface area (TPSA) is 37.3 Å². The summed E-state index contributed by atoms with van der Waals surface area (Å²) in [5, 5.41) is 9.67. The number of carboxylic acid groups (broad SMARTS) is 1. The predicted octanol–water partition coefficient (Wildman–Crippen LogP) is 3.47. The Morgan fingerprint density at radius 1 is 1.47 bits per heavy atom. The molecule has 0 saturated heterocycles. The highest BCUT2D eigenvalue weighted by Gasteiger charge is 2.18. The Hall–Kier alpha value is -1.28. The van der Waals surface area contributed by atoms with Gasteiger partial charge in [0.2, 0.25) is 0 Å². The standard InChI is InChI=1S/C12H13ClO2/c1-2-3-4-11(12(14)15)9-5-7-10(13)8-6-9/h2,5-8,11H,1,3-4H2,(H,14,15). The van der Waals surface area contributed by atoms with Crippen molar-refractivity contribution in [3.05, 3.63) is 47.5 Å². The maximum Gasteiger partial charge on any atom is 0.310 e. The van der Waals surface area contributed by atoms with Crippen molar-refractivity contribution < 1.29 is 9.90 Å². The fraction of sp³-hybridized carbons (Fsp3) is 0.250. The minimum Gasteiger partial charge on any atom is -0.481 e. The normalized spacial score (nSPS) is 12.1. The van der Waals surface area contributed by atoms with Crippen LogP contribution in [0.25, 0.3) is 0 Å². The van der Waals surface area contributed by atoms with E-state index in [1.165, 1.54) is 0 Å². The lowest BCUT2D eigenvalue weighted by Crippen LogP contribution is -2.11. The average molecular weight is 225 g/mol. The highest BCUT2D eigenvalue weighted by Crippen LogP contribution is 2.23. The molecule has 1 aromatic rings. The van der Waals surface area contributed by atoms with Crippen LogP contribution in [0.1, 0.15) is 24.3 Å². The highest BCUT2D eigenvalue weighted by atomic mass is 35.5. The maximum atomic E-state index is 11.0. The molecular weight excluding hydrogens is 212 g/mol. The first-order valence-electron chi connectivity index (χ1n) is 4.74. The van der Waals surface area contributed by atoms with Crippen LogP contribution in [0.15, 0.2) is 36.9 Å². The van der Waals surface area contributed by atoms with E-state index in [4.69, 9.17) is 16.7 Å². The molecule has 0 aliphatic rings. The zero-order chi connectivity index (χ0) is 11.3. The van der Waals surface area contributed by atoms with Crippen molar-refractivity contribution in [1.82, 2.24) is 0 Å². The molecule has 0 bridgehead atoms. The molecule has 2 nitrogen and oxygen atoms in total. The SMILES string of the molecule is C=CCCC(C(=O)O)c1ccc(Cl)cc1. The van der Waals surface area contributed by atoms with Crippen LogP contribution in [0.4, 0.5) is 0 Å². The molecule has 0 amide bonds. The van der Waals surface area contributed by atoms with Gasteiger partial charge in [0, 0.05) is 5.02 Å². The number of carbonyl (C=O) groups is 1. The molecule has 3 heteroatoms. The lowest BCUT2D eigenvalue weighted by Gasteiger charge is -2.11. The molecule has 1 rings (SSSR count). The van der Waals surface area contributed by atoms with Crippen LogP contribution in [0.3, 0.4) is 0 Å². The summed E-state index contributed by atoms with van der Waals surface area (Å²) in [7, 11) is 0. The smallest absolute Gasteiger partial charge is 0.310 e. The second-order valence-electron chi connectivity index (χ2n) is 3.31. The number of hydrogen-bond acceptors (Lipinski definition) is 1. The molecule has 0 spiro atoms. The van der Waals surface area contributed by atoms with E-state index < -0.39 is 11.9 Å². The summed E-state index contributed by atoms with van der Waals surface area (Å²) in [5.41, 5.74) is 0.786. The molecule has 0 saturated carbocycles. The second-order valence-corrected chi connectivity index (χ2v) is 3.74. The molecular formula is C12H13ClO2. The third kappa shape index (κ3) is 3.40. The molecule has 1 unspecified atom stereocenters. The summed E-state index contributed by atoms with van der Waals surface area (Å²) >= 11 is 5.74. The summed E-state index contributed by atoms with van der Waals surface area (Å²) in [6.45, 7) is 3.59. The Morgan fingerprint density at radius 3 is 2.53 bits per heavy atom. The van der Waals surface area contributed by atoms with Crippen LogP contribution in [0.5, 0.6) is 0 Å². The second kappa shape index (κ2) is 5.56. The minimum absolute atomic E-state index is 0.472. The first kappa shape index (κ1) is 11.8. The van der Waals surface area contributed by atoms with Gasteiger partial charge in [-0.3, -0.25) is 4.79 Å². The average Bonchev–Trinajstić information content (AvgIpc) is 2.21. The minimum atomic E-state index is -0.806. The van der Waals surface area contributed by atoms with E-state index in [-0.39, 0.29) is 0 Å². The first-order valence-corrected chi connectivity index (χ1v) is 5.12. The summed E-state index contributed by atoms with van der Waals surface area (Å²) in [6.07, 6.45) is 2.99. The summed E-state index contributed by atoms with van der Waals surface area (Å²) in [6, 6.07) is 6.93. The van der Waals surface area contributed by atoms with E-state index in [0.717, 1.165) is 5.56 Å². The molecule has 1 atom stereocenters. The molecule has 0 aliphatic heterocycles. The van der Waals surface area contributed by atoms with E-state index >= 15 is 0 Å². The Labute approximate surface area is 94.2 Å². The van der Waals surface area contributed by atoms with E-state index in [1.807, 2.05) is 0 Å². The van der Waals surface area contributed by atoms with Crippen molar-refractivity contribution in [3.8, 4) is 0 Å². The first-order chi connectivity index (χ1) is 7.15. The van der Waals surface area contributed by atoms with Crippen LogP contribution < -0.4 is 0 Å². The monoisotopic (exact) mass is 224 g/mol. The Kier molecular flexibility index (Phi) is 4.37. The molecule has 1 N–H and O–H groups in total. The van der Waals surface area contributed by atoms with Crippen LogP contribution in [-0.4, -0.2) is 11.1 Å². The van der Waals surface area contributed by atoms with Crippen molar-refractivity contribution in [1.29, 1.82) is 0 Å². The summed E-state index contributed by atoms with van der Waals surface area (Å²) < 4.78 is 0. The third-order valence-electron chi connectivity index (χ3n) is 2.23. The van der Waals surface area contributed by atoms with Crippen LogP contribution in [0.2, 0.25) is 5.02 Å². The Balaban J connectivity index is 2.83. The molecule has 0 radical (unpaired) electrons. The zero-order valence-corrected chi connectivity index (χ0v) is 9.07. The van der Waals surface area contributed by atoms with Gasteiger partial charge in [0.1, 0.15) is 0 Å². The molecule has 1 aromatic carbocycles. The Bertz CT molecular complexity index is 343. The third-order valence-corrected chi connectivity index (χ3v) is 2.48. The predicted molar refractivity (Wildman–Crippen MR) is 61.3 cm³/mol. The van der Waals surface area contributed by atoms with Crippen molar-refractivity contribution >= 4 is 17.6 Å². The van der Waals surface area contributed by atoms with E-state index in [0.29, 0.717) is 17.9 Å². The number of hydrogen-bond donors (Lipinski definition) is 1. The van der Waals surface area contributed by atoms with Gasteiger partial charge in [-0.1, -0.05) is 29.8 Å². The van der Waals surface area contributed by atoms with Gasteiger partial charge in [-0.15, -0.1) is 6.58 Å². The molecule has 15 heavy (non-hydrogen) atoms. The Morgan fingerprint density at radius 2 is 2.07 bits per heavy atom. The van der Waals surface area contributed by atoms with E-state index in [2.05, 4.69) is 6.58 Å². The fourth-order valence-electron chi connectivity index (χ4n) is 1.41. The van der Waals surface area contributed by atoms with Crippen LogP contribution >= 0.6 is 11.6 Å². The summed E-state index contributed by atoms with van der Waals surface area (Å²) in [5.74, 6) is -1.28. The van der Waals surface area contributed by atoms with Gasteiger partial charge in [-0.25, -0.2) is 0 Å². The molecule has 0 aliphatic carbocycles. The van der Waals surface area contributed by atoms with Crippen LogP contribution in [0, 0.1) is 0 Å². The number of rotatable bonds is 5. The van der Waals surface area contributed by atoms with Gasteiger partial charge >= 0.3 is 5.97 Å². The van der Waals surface area contributed by atoms with Gasteiger partial charge in [0.25, 0.3) is 0 Å². The number of carboxylic acids is 1. The zero-order valence-electron chi connectivity index (χ0n) is 8.32. The summed E-state index contributed by atoms with van der Waals surface area (Å²) in [4.78, 5) is 11.0. The number of benzene rings is 1. The number of aliphatic carboxylic acids is 1. The fourth-order valence-corrected chi connectivity index (χ4v) is 1.54. The quantitative estimate of drug-likeness (QED) is 0.778. The van der Waals surface area contributed by atoms with Gasteiger partial charge in [0.15, 0.2) is 0 Å². The highest BCUT2D eigenvalue weighted by molar-refractivity contribution is 6.30. The maximum absolute atomic E-state index is 11.0. The van der Waals surface area contributed by atoms with Crippen molar-refractivity contribution in [2.24, 2.45) is 0 Å². The molecule has 80 valence electrons. The lowest BCUT2D eigenvalue weighted by molar-refractivity contribution is -0.138. The largest absolute Gasteiger partial charge is 0.481 e. The van der Waals surface area contributed by atoms with E-state index in [1.54, 1.807) is 30.3 Å². The lowest BCUT2D eigenvalue weighted by atomic mass is 9.94. The number of halogens is 1. The molecule has 0 fully saturated rings. The molecule has 0 aromatic heterocycles. The van der Waals surface area contributed by atoms with Gasteiger partial charge < -0.3 is 5.11 Å². The van der Waals surface area contributed by atoms with Crippen molar-refractivity contribution in [2.45, 2.75) is 18.8 Å². The van der Waals surface area contributed by atoms with Gasteiger partial charge in [0.05, 0.1) is 5.92 Å². The van der Waals surface area contributed by atoms with Crippen molar-refractivity contribution in [3.63, 3.8) is 0 Å². The van der Waals surface area contributed by atoms with Gasteiger partial charge in [-0.2, -0.15) is 0 Å². The van der Waals surface area contributed by atoms with Crippen LogP contribution in [-0.2, 0) is 4.79 Å². The van der Waals surface area contributed by atoms with Gasteiger partial charge in [-0.05, 0) is 30.5 Å².